The maximum atomic E-state index is 12.1. The molecule has 2 rings (SSSR count). The molecule has 0 aromatic heterocycles. The summed E-state index contributed by atoms with van der Waals surface area (Å²) in [6.07, 6.45) is 4.43. The molecule has 1 aromatic carbocycles. The van der Waals surface area contributed by atoms with Gasteiger partial charge in [0.05, 0.1) is 6.61 Å². The van der Waals surface area contributed by atoms with Crippen molar-refractivity contribution in [2.24, 2.45) is 0 Å². The van der Waals surface area contributed by atoms with Gasteiger partial charge in [-0.15, -0.1) is 0 Å². The number of carbonyl (C=O) groups is 2. The topological polar surface area (TPSA) is 76.7 Å². The lowest BCUT2D eigenvalue weighted by Gasteiger charge is -2.10. The minimum atomic E-state index is -0.548. The molecule has 1 saturated heterocycles. The van der Waals surface area contributed by atoms with E-state index in [4.69, 9.17) is 9.47 Å². The fourth-order valence-electron chi connectivity index (χ4n) is 2.49. The molecule has 0 bridgehead atoms. The van der Waals surface area contributed by atoms with Crippen LogP contribution in [0.4, 0.5) is 16.2 Å². The highest BCUT2D eigenvalue weighted by molar-refractivity contribution is 8.77. The number of methoxy groups -OCH3 is 1. The highest BCUT2D eigenvalue weighted by atomic mass is 33.1. The fourth-order valence-corrected chi connectivity index (χ4v) is 5.52. The van der Waals surface area contributed by atoms with Crippen molar-refractivity contribution in [3.05, 3.63) is 24.3 Å². The normalized spacial score (nSPS) is 16.3. The third-order valence-corrected chi connectivity index (χ3v) is 6.83. The minimum absolute atomic E-state index is 0.00160. The summed E-state index contributed by atoms with van der Waals surface area (Å²) < 4.78 is 9.77. The highest BCUT2D eigenvalue weighted by Gasteiger charge is 2.15. The van der Waals surface area contributed by atoms with E-state index in [2.05, 4.69) is 10.6 Å². The molecule has 0 saturated carbocycles. The van der Waals surface area contributed by atoms with Gasteiger partial charge < -0.3 is 14.8 Å². The zero-order chi connectivity index (χ0) is 18.6. The van der Waals surface area contributed by atoms with E-state index in [1.165, 1.54) is 18.6 Å². The summed E-state index contributed by atoms with van der Waals surface area (Å²) in [6.45, 7) is 0.540. The van der Waals surface area contributed by atoms with Crippen LogP contribution >= 0.6 is 21.6 Å². The quantitative estimate of drug-likeness (QED) is 0.445. The van der Waals surface area contributed by atoms with Crippen molar-refractivity contribution < 1.29 is 19.1 Å². The zero-order valence-electron chi connectivity index (χ0n) is 15.0. The molecule has 0 spiro atoms. The fraction of sp³-hybridized carbons (Fsp3) is 0.556. The standard InChI is InChI=1S/C18H26N2O4S2/c1-23-10-11-24-18(22)20-15-6-4-5-14(13-15)19-17(21)8-3-2-7-16-9-12-25-26-16/h4-6,13,16H,2-3,7-12H2,1H3,(H,19,21)(H,20,22). The Kier molecular flexibility index (Phi) is 9.73. The summed E-state index contributed by atoms with van der Waals surface area (Å²) in [5.41, 5.74) is 1.23. The van der Waals surface area contributed by atoms with Gasteiger partial charge in [0, 0.05) is 35.9 Å². The van der Waals surface area contributed by atoms with Crippen LogP contribution in [0.3, 0.4) is 0 Å². The highest BCUT2D eigenvalue weighted by Crippen LogP contribution is 2.39. The molecule has 1 aliphatic rings. The van der Waals surface area contributed by atoms with E-state index in [0.29, 0.717) is 24.4 Å². The van der Waals surface area contributed by atoms with E-state index in [1.54, 1.807) is 31.4 Å². The second-order valence-corrected chi connectivity index (χ2v) is 8.74. The summed E-state index contributed by atoms with van der Waals surface area (Å²) in [5.74, 6) is 1.25. The number of ether oxygens (including phenoxy) is 2. The Bertz CT molecular complexity index is 580. The summed E-state index contributed by atoms with van der Waals surface area (Å²) >= 11 is 0. The van der Waals surface area contributed by atoms with Crippen LogP contribution in [-0.4, -0.2) is 43.3 Å². The van der Waals surface area contributed by atoms with Gasteiger partial charge in [0.25, 0.3) is 0 Å². The molecule has 0 aliphatic carbocycles. The average Bonchev–Trinajstić information content (AvgIpc) is 3.13. The van der Waals surface area contributed by atoms with Crippen molar-refractivity contribution in [2.75, 3.05) is 36.7 Å². The zero-order valence-corrected chi connectivity index (χ0v) is 16.6. The van der Waals surface area contributed by atoms with Gasteiger partial charge in [-0.3, -0.25) is 10.1 Å². The van der Waals surface area contributed by atoms with Crippen LogP contribution in [0.2, 0.25) is 0 Å². The van der Waals surface area contributed by atoms with Crippen LogP contribution in [0.1, 0.15) is 32.1 Å². The van der Waals surface area contributed by atoms with Crippen LogP contribution in [0.5, 0.6) is 0 Å². The Hall–Kier alpha value is -1.38. The van der Waals surface area contributed by atoms with E-state index >= 15 is 0 Å². The van der Waals surface area contributed by atoms with Gasteiger partial charge in [-0.05, 0) is 37.5 Å². The predicted octanol–water partition coefficient (Wildman–Crippen LogP) is 4.53. The maximum Gasteiger partial charge on any atom is 0.411 e. The van der Waals surface area contributed by atoms with Gasteiger partial charge >= 0.3 is 6.09 Å². The van der Waals surface area contributed by atoms with Crippen molar-refractivity contribution >= 4 is 45.0 Å². The number of unbranched alkanes of at least 4 members (excludes halogenated alkanes) is 1. The SMILES string of the molecule is COCCOC(=O)Nc1cccc(NC(=O)CCCCC2CCSS2)c1. The molecular formula is C18H26N2O4S2. The molecule has 1 unspecified atom stereocenters. The smallest absolute Gasteiger partial charge is 0.411 e. The van der Waals surface area contributed by atoms with Gasteiger partial charge in [0.2, 0.25) is 5.91 Å². The monoisotopic (exact) mass is 398 g/mol. The lowest BCUT2D eigenvalue weighted by Crippen LogP contribution is -2.16. The molecule has 0 radical (unpaired) electrons. The predicted molar refractivity (Wildman–Crippen MR) is 109 cm³/mol. The molecule has 26 heavy (non-hydrogen) atoms. The number of anilines is 2. The van der Waals surface area contributed by atoms with Crippen LogP contribution in [0, 0.1) is 0 Å². The van der Waals surface area contributed by atoms with Gasteiger partial charge in [0.15, 0.2) is 0 Å². The van der Waals surface area contributed by atoms with Crippen LogP contribution in [0.25, 0.3) is 0 Å². The van der Waals surface area contributed by atoms with Gasteiger partial charge in [-0.1, -0.05) is 34.1 Å². The summed E-state index contributed by atoms with van der Waals surface area (Å²) in [4.78, 5) is 23.7. The maximum absolute atomic E-state index is 12.1. The van der Waals surface area contributed by atoms with E-state index < -0.39 is 6.09 Å². The van der Waals surface area contributed by atoms with E-state index in [0.717, 1.165) is 18.1 Å². The number of hydrogen-bond acceptors (Lipinski definition) is 6. The third kappa shape index (κ3) is 8.33. The first-order valence-electron chi connectivity index (χ1n) is 8.78. The molecule has 1 aromatic rings. The largest absolute Gasteiger partial charge is 0.447 e. The van der Waals surface area contributed by atoms with Crippen molar-refractivity contribution in [1.29, 1.82) is 0 Å². The number of rotatable bonds is 10. The van der Waals surface area contributed by atoms with Gasteiger partial charge in [-0.2, -0.15) is 0 Å². The molecule has 6 nitrogen and oxygen atoms in total. The van der Waals surface area contributed by atoms with Crippen LogP contribution in [-0.2, 0) is 14.3 Å². The minimum Gasteiger partial charge on any atom is -0.447 e. The second kappa shape index (κ2) is 12.1. The first-order valence-corrected chi connectivity index (χ1v) is 11.2. The van der Waals surface area contributed by atoms with Gasteiger partial charge in [-0.25, -0.2) is 4.79 Å². The van der Waals surface area contributed by atoms with E-state index in [9.17, 15) is 9.59 Å². The van der Waals surface area contributed by atoms with Crippen LogP contribution < -0.4 is 10.6 Å². The van der Waals surface area contributed by atoms with Crippen LogP contribution in [0.15, 0.2) is 24.3 Å². The number of amides is 2. The molecular weight excluding hydrogens is 372 g/mol. The van der Waals surface area contributed by atoms with Crippen molar-refractivity contribution in [3.8, 4) is 0 Å². The second-order valence-electron chi connectivity index (χ2n) is 5.96. The number of carbonyl (C=O) groups excluding carboxylic acids is 2. The van der Waals surface area contributed by atoms with E-state index in [-0.39, 0.29) is 12.5 Å². The molecule has 2 N–H and O–H groups in total. The molecule has 144 valence electrons. The summed E-state index contributed by atoms with van der Waals surface area (Å²) in [5, 5.41) is 6.26. The molecule has 1 fully saturated rings. The molecule has 2 amide bonds. The van der Waals surface area contributed by atoms with Crippen molar-refractivity contribution in [1.82, 2.24) is 0 Å². The number of benzene rings is 1. The third-order valence-electron chi connectivity index (χ3n) is 3.82. The molecule has 1 aliphatic heterocycles. The van der Waals surface area contributed by atoms with E-state index in [1.807, 2.05) is 21.6 Å². The molecule has 8 heteroatoms. The Morgan fingerprint density at radius 3 is 2.73 bits per heavy atom. The Labute approximate surface area is 162 Å². The lowest BCUT2D eigenvalue weighted by atomic mass is 10.1. The molecule has 1 heterocycles. The Balaban J connectivity index is 1.67. The Morgan fingerprint density at radius 1 is 1.19 bits per heavy atom. The number of nitrogens with one attached hydrogen (secondary N) is 2. The Morgan fingerprint density at radius 2 is 2.00 bits per heavy atom. The van der Waals surface area contributed by atoms with Crippen molar-refractivity contribution in [3.63, 3.8) is 0 Å². The summed E-state index contributed by atoms with van der Waals surface area (Å²) in [7, 11) is 5.47. The van der Waals surface area contributed by atoms with Crippen molar-refractivity contribution in [2.45, 2.75) is 37.4 Å². The average molecular weight is 399 g/mol. The lowest BCUT2D eigenvalue weighted by molar-refractivity contribution is -0.116. The molecule has 1 atom stereocenters. The number of hydrogen-bond donors (Lipinski definition) is 2. The summed E-state index contributed by atoms with van der Waals surface area (Å²) in [6, 6.07) is 7.02. The first-order chi connectivity index (χ1) is 12.7. The first kappa shape index (κ1) is 20.9. The van der Waals surface area contributed by atoms with Gasteiger partial charge in [0.1, 0.15) is 6.61 Å².